The summed E-state index contributed by atoms with van der Waals surface area (Å²) in [6.45, 7) is 4.19. The summed E-state index contributed by atoms with van der Waals surface area (Å²) in [5, 5.41) is 26.0. The minimum absolute atomic E-state index is 0.0233. The lowest BCUT2D eigenvalue weighted by atomic mass is 10.1. The zero-order valence-electron chi connectivity index (χ0n) is 10.1. The van der Waals surface area contributed by atoms with Gasteiger partial charge in [-0.2, -0.15) is 5.10 Å². The minimum atomic E-state index is -1.03. The third kappa shape index (κ3) is 4.16. The van der Waals surface area contributed by atoms with E-state index in [1.165, 1.54) is 13.1 Å². The van der Waals surface area contributed by atoms with Crippen LogP contribution in [0.3, 0.4) is 0 Å². The van der Waals surface area contributed by atoms with Gasteiger partial charge in [0.2, 0.25) is 5.91 Å². The monoisotopic (exact) mass is 241 g/mol. The molecule has 96 valence electrons. The van der Waals surface area contributed by atoms with Crippen molar-refractivity contribution >= 4 is 5.91 Å². The smallest absolute Gasteiger partial charge is 0.216 e. The van der Waals surface area contributed by atoms with Gasteiger partial charge in [-0.1, -0.05) is 6.92 Å². The van der Waals surface area contributed by atoms with Gasteiger partial charge in [0, 0.05) is 31.8 Å². The van der Waals surface area contributed by atoms with Crippen LogP contribution in [0.1, 0.15) is 31.9 Å². The van der Waals surface area contributed by atoms with Crippen molar-refractivity contribution < 1.29 is 15.0 Å². The number of nitrogens with zero attached hydrogens (tertiary/aromatic N) is 2. The van der Waals surface area contributed by atoms with E-state index in [4.69, 9.17) is 0 Å². The summed E-state index contributed by atoms with van der Waals surface area (Å²) in [6.07, 6.45) is 2.11. The van der Waals surface area contributed by atoms with E-state index in [2.05, 4.69) is 10.4 Å². The van der Waals surface area contributed by atoms with Crippen LogP contribution in [0.25, 0.3) is 0 Å². The molecule has 0 aliphatic heterocycles. The highest BCUT2D eigenvalue weighted by Crippen LogP contribution is 2.15. The van der Waals surface area contributed by atoms with Crippen molar-refractivity contribution in [3.63, 3.8) is 0 Å². The zero-order chi connectivity index (χ0) is 12.8. The first-order chi connectivity index (χ1) is 8.04. The number of nitrogens with one attached hydrogen (secondary N) is 1. The first kappa shape index (κ1) is 13.7. The van der Waals surface area contributed by atoms with Gasteiger partial charge in [0.05, 0.1) is 6.20 Å². The average molecular weight is 241 g/mol. The maximum absolute atomic E-state index is 10.7. The van der Waals surface area contributed by atoms with Crippen LogP contribution in [0.5, 0.6) is 0 Å². The van der Waals surface area contributed by atoms with E-state index in [0.717, 1.165) is 13.0 Å². The van der Waals surface area contributed by atoms with Gasteiger partial charge in [-0.25, -0.2) is 0 Å². The zero-order valence-corrected chi connectivity index (χ0v) is 10.1. The Labute approximate surface area is 100 Å². The van der Waals surface area contributed by atoms with Crippen LogP contribution in [0, 0.1) is 0 Å². The van der Waals surface area contributed by atoms with Gasteiger partial charge >= 0.3 is 0 Å². The number of hydrogen-bond acceptors (Lipinski definition) is 4. The van der Waals surface area contributed by atoms with Crippen molar-refractivity contribution in [2.24, 2.45) is 0 Å². The Morgan fingerprint density at radius 3 is 2.88 bits per heavy atom. The number of aromatic nitrogens is 2. The van der Waals surface area contributed by atoms with E-state index < -0.39 is 12.2 Å². The summed E-state index contributed by atoms with van der Waals surface area (Å²) >= 11 is 0. The van der Waals surface area contributed by atoms with E-state index in [1.54, 1.807) is 10.9 Å². The predicted octanol–water partition coefficient (Wildman–Crippen LogP) is -0.177. The highest BCUT2D eigenvalue weighted by Gasteiger charge is 2.19. The van der Waals surface area contributed by atoms with Crippen molar-refractivity contribution in [3.05, 3.63) is 18.0 Å². The van der Waals surface area contributed by atoms with Gasteiger partial charge in [-0.3, -0.25) is 9.48 Å². The molecule has 0 fully saturated rings. The number of carbonyl (C=O) groups excluding carboxylic acids is 1. The molecule has 0 aliphatic rings. The second-order valence-electron chi connectivity index (χ2n) is 3.99. The van der Waals surface area contributed by atoms with Gasteiger partial charge < -0.3 is 15.5 Å². The Morgan fingerprint density at radius 1 is 1.59 bits per heavy atom. The first-order valence-corrected chi connectivity index (χ1v) is 5.67. The summed E-state index contributed by atoms with van der Waals surface area (Å²) in [4.78, 5) is 10.7. The standard InChI is InChI=1S/C11H19N3O3/c1-3-4-14-7-9(5-13-14)11(17)10(16)6-12-8(2)15/h5,7,10-11,16-17H,3-4,6H2,1-2H3,(H,12,15). The van der Waals surface area contributed by atoms with Gasteiger partial charge in [0.1, 0.15) is 12.2 Å². The average Bonchev–Trinajstić information content (AvgIpc) is 2.74. The Bertz CT molecular complexity index is 365. The van der Waals surface area contributed by atoms with Gasteiger partial charge in [0.25, 0.3) is 0 Å². The Kier molecular flexibility index (Phi) is 5.11. The Hall–Kier alpha value is -1.40. The van der Waals surface area contributed by atoms with Crippen LogP contribution in [-0.4, -0.2) is 38.5 Å². The molecule has 0 saturated heterocycles. The van der Waals surface area contributed by atoms with Crippen LogP contribution >= 0.6 is 0 Å². The largest absolute Gasteiger partial charge is 0.388 e. The molecule has 0 aromatic carbocycles. The number of aliphatic hydroxyl groups excluding tert-OH is 2. The van der Waals surface area contributed by atoms with Gasteiger partial charge in [0.15, 0.2) is 0 Å². The molecular formula is C11H19N3O3. The second-order valence-corrected chi connectivity index (χ2v) is 3.99. The highest BCUT2D eigenvalue weighted by molar-refractivity contribution is 5.72. The minimum Gasteiger partial charge on any atom is -0.388 e. The van der Waals surface area contributed by atoms with Crippen molar-refractivity contribution in [2.75, 3.05) is 6.54 Å². The molecule has 1 aromatic rings. The fourth-order valence-electron chi connectivity index (χ4n) is 1.47. The molecule has 2 atom stereocenters. The van der Waals surface area contributed by atoms with E-state index in [-0.39, 0.29) is 12.5 Å². The molecule has 1 heterocycles. The lowest BCUT2D eigenvalue weighted by Gasteiger charge is -2.16. The molecule has 3 N–H and O–H groups in total. The van der Waals surface area contributed by atoms with E-state index in [0.29, 0.717) is 5.56 Å². The van der Waals surface area contributed by atoms with Crippen molar-refractivity contribution in [3.8, 4) is 0 Å². The topological polar surface area (TPSA) is 87.4 Å². The molecule has 6 heteroatoms. The van der Waals surface area contributed by atoms with Crippen LogP contribution in [0.15, 0.2) is 12.4 Å². The van der Waals surface area contributed by atoms with Crippen molar-refractivity contribution in [1.82, 2.24) is 15.1 Å². The maximum Gasteiger partial charge on any atom is 0.216 e. The highest BCUT2D eigenvalue weighted by atomic mass is 16.3. The lowest BCUT2D eigenvalue weighted by molar-refractivity contribution is -0.119. The fourth-order valence-corrected chi connectivity index (χ4v) is 1.47. The number of aryl methyl sites for hydroxylation is 1. The molecule has 0 aliphatic carbocycles. The SMILES string of the molecule is CCCn1cc(C(O)C(O)CNC(C)=O)cn1. The third-order valence-corrected chi connectivity index (χ3v) is 2.37. The summed E-state index contributed by atoms with van der Waals surface area (Å²) < 4.78 is 1.71. The quantitative estimate of drug-likeness (QED) is 0.645. The number of aliphatic hydroxyl groups is 2. The Balaban J connectivity index is 2.54. The number of amides is 1. The second kappa shape index (κ2) is 6.36. The molecule has 1 aromatic heterocycles. The van der Waals surface area contributed by atoms with Crippen molar-refractivity contribution in [1.29, 1.82) is 0 Å². The van der Waals surface area contributed by atoms with Gasteiger partial charge in [-0.05, 0) is 6.42 Å². The number of hydrogen-bond donors (Lipinski definition) is 3. The normalized spacial score (nSPS) is 14.4. The lowest BCUT2D eigenvalue weighted by Crippen LogP contribution is -2.34. The van der Waals surface area contributed by atoms with Crippen LogP contribution in [0.2, 0.25) is 0 Å². The fraction of sp³-hybridized carbons (Fsp3) is 0.636. The van der Waals surface area contributed by atoms with Gasteiger partial charge in [-0.15, -0.1) is 0 Å². The molecule has 17 heavy (non-hydrogen) atoms. The summed E-state index contributed by atoms with van der Waals surface area (Å²) in [7, 11) is 0. The molecule has 2 unspecified atom stereocenters. The number of carbonyl (C=O) groups is 1. The molecule has 0 spiro atoms. The molecule has 6 nitrogen and oxygen atoms in total. The predicted molar refractivity (Wildman–Crippen MR) is 62.2 cm³/mol. The third-order valence-electron chi connectivity index (χ3n) is 2.37. The summed E-state index contributed by atoms with van der Waals surface area (Å²) in [5.74, 6) is -0.238. The molecule has 0 bridgehead atoms. The van der Waals surface area contributed by atoms with Crippen LogP contribution < -0.4 is 5.32 Å². The van der Waals surface area contributed by atoms with Crippen LogP contribution in [-0.2, 0) is 11.3 Å². The molecular weight excluding hydrogens is 222 g/mol. The summed E-state index contributed by atoms with van der Waals surface area (Å²) in [5.41, 5.74) is 0.552. The summed E-state index contributed by atoms with van der Waals surface area (Å²) in [6, 6.07) is 0. The van der Waals surface area contributed by atoms with E-state index in [9.17, 15) is 15.0 Å². The van der Waals surface area contributed by atoms with E-state index in [1.807, 2.05) is 6.92 Å². The van der Waals surface area contributed by atoms with E-state index >= 15 is 0 Å². The molecule has 0 saturated carbocycles. The molecule has 1 amide bonds. The van der Waals surface area contributed by atoms with Crippen molar-refractivity contribution in [2.45, 2.75) is 39.0 Å². The first-order valence-electron chi connectivity index (χ1n) is 5.67. The maximum atomic E-state index is 10.7. The Morgan fingerprint density at radius 2 is 2.29 bits per heavy atom. The molecule has 0 radical (unpaired) electrons. The number of rotatable bonds is 6. The van der Waals surface area contributed by atoms with Crippen LogP contribution in [0.4, 0.5) is 0 Å². The molecule has 1 rings (SSSR count).